The molecule has 0 amide bonds. The molecule has 1 aliphatic rings. The van der Waals surface area contributed by atoms with Crippen molar-refractivity contribution in [1.29, 1.82) is 0 Å². The number of nitrogens with zero attached hydrogens (tertiary/aromatic N) is 3. The first kappa shape index (κ1) is 10.8. The highest BCUT2D eigenvalue weighted by Crippen LogP contribution is 2.41. The number of pyridine rings is 1. The zero-order valence-electron chi connectivity index (χ0n) is 9.52. The van der Waals surface area contributed by atoms with Crippen LogP contribution in [0.1, 0.15) is 24.6 Å². The van der Waals surface area contributed by atoms with Crippen LogP contribution in [0.25, 0.3) is 11.3 Å². The fourth-order valence-corrected chi connectivity index (χ4v) is 2.35. The van der Waals surface area contributed by atoms with Gasteiger partial charge in [0.15, 0.2) is 0 Å². The summed E-state index contributed by atoms with van der Waals surface area (Å²) in [4.78, 5) is 8.81. The summed E-state index contributed by atoms with van der Waals surface area (Å²) in [5.74, 6) is 2.40. The molecule has 88 valence electrons. The van der Waals surface area contributed by atoms with Crippen molar-refractivity contribution >= 4 is 21.7 Å². The highest BCUT2D eigenvalue weighted by atomic mass is 79.9. The van der Waals surface area contributed by atoms with E-state index in [-0.39, 0.29) is 0 Å². The number of nitrogens with two attached hydrogens (primary N) is 1. The number of aromatic nitrogens is 3. The Kier molecular flexibility index (Phi) is 2.43. The van der Waals surface area contributed by atoms with Crippen LogP contribution in [0.4, 0.5) is 5.82 Å². The molecule has 3 rings (SSSR count). The van der Waals surface area contributed by atoms with Gasteiger partial charge in [0.2, 0.25) is 0 Å². The highest BCUT2D eigenvalue weighted by molar-refractivity contribution is 9.10. The van der Waals surface area contributed by atoms with E-state index in [9.17, 15) is 0 Å². The predicted octanol–water partition coefficient (Wildman–Crippen LogP) is 2.70. The lowest BCUT2D eigenvalue weighted by molar-refractivity contribution is 0.807. The van der Waals surface area contributed by atoms with Crippen molar-refractivity contribution in [1.82, 2.24) is 14.5 Å². The summed E-state index contributed by atoms with van der Waals surface area (Å²) in [6.07, 6.45) is 5.99. The maximum absolute atomic E-state index is 6.11. The number of rotatable bonds is 2. The molecule has 1 saturated carbocycles. The molecule has 0 unspecified atom stereocenters. The van der Waals surface area contributed by atoms with Crippen LogP contribution in [0.3, 0.4) is 0 Å². The molecule has 2 heterocycles. The monoisotopic (exact) mass is 292 g/mol. The Morgan fingerprint density at radius 2 is 2.18 bits per heavy atom. The normalized spacial score (nSPS) is 15.2. The van der Waals surface area contributed by atoms with Crippen LogP contribution < -0.4 is 5.73 Å². The van der Waals surface area contributed by atoms with Crippen LogP contribution in [-0.2, 0) is 7.05 Å². The molecule has 0 bridgehead atoms. The lowest BCUT2D eigenvalue weighted by Crippen LogP contribution is -2.00. The number of halogens is 1. The summed E-state index contributed by atoms with van der Waals surface area (Å²) >= 11 is 3.41. The van der Waals surface area contributed by atoms with E-state index in [2.05, 4.69) is 25.9 Å². The van der Waals surface area contributed by atoms with Crippen LogP contribution in [0, 0.1) is 0 Å². The van der Waals surface area contributed by atoms with Crippen LogP contribution in [0.2, 0.25) is 0 Å². The lowest BCUT2D eigenvalue weighted by Gasteiger charge is -2.01. The van der Waals surface area contributed by atoms with Gasteiger partial charge in [-0.15, -0.1) is 0 Å². The molecular formula is C12H13BrN4. The second kappa shape index (κ2) is 3.84. The Morgan fingerprint density at radius 3 is 2.82 bits per heavy atom. The fraction of sp³-hybridized carbons (Fsp3) is 0.333. The Balaban J connectivity index is 2.11. The number of hydrogen-bond acceptors (Lipinski definition) is 3. The number of hydrogen-bond donors (Lipinski definition) is 1. The van der Waals surface area contributed by atoms with Gasteiger partial charge in [-0.05, 0) is 34.8 Å². The molecule has 1 fully saturated rings. The predicted molar refractivity (Wildman–Crippen MR) is 70.5 cm³/mol. The van der Waals surface area contributed by atoms with Gasteiger partial charge < -0.3 is 10.3 Å². The van der Waals surface area contributed by atoms with Gasteiger partial charge in [-0.3, -0.25) is 4.98 Å². The van der Waals surface area contributed by atoms with E-state index in [0.29, 0.717) is 11.7 Å². The van der Waals surface area contributed by atoms with Crippen molar-refractivity contribution in [2.75, 3.05) is 5.73 Å². The van der Waals surface area contributed by atoms with Gasteiger partial charge >= 0.3 is 0 Å². The van der Waals surface area contributed by atoms with Crippen molar-refractivity contribution in [3.05, 3.63) is 28.8 Å². The molecule has 0 atom stereocenters. The van der Waals surface area contributed by atoms with Crippen LogP contribution in [0.5, 0.6) is 0 Å². The first-order valence-electron chi connectivity index (χ1n) is 5.60. The van der Waals surface area contributed by atoms with Crippen LogP contribution >= 0.6 is 15.9 Å². The first-order chi connectivity index (χ1) is 8.16. The summed E-state index contributed by atoms with van der Waals surface area (Å²) in [5.41, 5.74) is 7.90. The molecule has 0 aliphatic heterocycles. The Morgan fingerprint density at radius 1 is 1.41 bits per heavy atom. The maximum atomic E-state index is 6.11. The summed E-state index contributed by atoms with van der Waals surface area (Å²) in [6, 6.07) is 1.99. The van der Waals surface area contributed by atoms with Crippen molar-refractivity contribution in [3.8, 4) is 11.3 Å². The van der Waals surface area contributed by atoms with E-state index in [4.69, 9.17) is 5.73 Å². The SMILES string of the molecule is Cn1c(C2CC2)nc(-c2cncc(Br)c2)c1N. The minimum Gasteiger partial charge on any atom is -0.383 e. The quantitative estimate of drug-likeness (QED) is 0.926. The second-order valence-electron chi connectivity index (χ2n) is 4.43. The van der Waals surface area contributed by atoms with Crippen LogP contribution in [0.15, 0.2) is 22.9 Å². The summed E-state index contributed by atoms with van der Waals surface area (Å²) < 4.78 is 2.93. The van der Waals surface area contributed by atoms with Gasteiger partial charge in [-0.1, -0.05) is 0 Å². The zero-order valence-corrected chi connectivity index (χ0v) is 11.1. The van der Waals surface area contributed by atoms with E-state index in [1.54, 1.807) is 12.4 Å². The third-order valence-corrected chi connectivity index (χ3v) is 3.53. The van der Waals surface area contributed by atoms with E-state index in [0.717, 1.165) is 21.6 Å². The van der Waals surface area contributed by atoms with E-state index >= 15 is 0 Å². The van der Waals surface area contributed by atoms with Crippen molar-refractivity contribution in [3.63, 3.8) is 0 Å². The number of anilines is 1. The topological polar surface area (TPSA) is 56.7 Å². The molecule has 0 saturated heterocycles. The smallest absolute Gasteiger partial charge is 0.131 e. The molecule has 1 aliphatic carbocycles. The molecule has 0 spiro atoms. The van der Waals surface area contributed by atoms with E-state index in [1.807, 2.05) is 17.7 Å². The molecule has 0 radical (unpaired) electrons. The maximum Gasteiger partial charge on any atom is 0.131 e. The Bertz CT molecular complexity index is 572. The minimum atomic E-state index is 0.594. The largest absolute Gasteiger partial charge is 0.383 e. The standard InChI is InChI=1S/C12H13BrN4/c1-17-11(14)10(16-12(17)7-2-3-7)8-4-9(13)6-15-5-8/h4-7H,2-3,14H2,1H3. The van der Waals surface area contributed by atoms with Crippen LogP contribution in [-0.4, -0.2) is 14.5 Å². The van der Waals surface area contributed by atoms with E-state index < -0.39 is 0 Å². The third kappa shape index (κ3) is 1.84. The van der Waals surface area contributed by atoms with Gasteiger partial charge in [0.05, 0.1) is 0 Å². The third-order valence-electron chi connectivity index (χ3n) is 3.09. The summed E-state index contributed by atoms with van der Waals surface area (Å²) in [6.45, 7) is 0. The lowest BCUT2D eigenvalue weighted by atomic mass is 10.2. The molecule has 5 heteroatoms. The molecular weight excluding hydrogens is 280 g/mol. The summed E-state index contributed by atoms with van der Waals surface area (Å²) in [5, 5.41) is 0. The number of nitrogen functional groups attached to an aromatic ring is 1. The van der Waals surface area contributed by atoms with Gasteiger partial charge in [0, 0.05) is 35.4 Å². The van der Waals surface area contributed by atoms with Crippen molar-refractivity contribution < 1.29 is 0 Å². The van der Waals surface area contributed by atoms with Crippen molar-refractivity contribution in [2.45, 2.75) is 18.8 Å². The second-order valence-corrected chi connectivity index (χ2v) is 5.34. The average Bonchev–Trinajstić information content (AvgIpc) is 3.09. The van der Waals surface area contributed by atoms with Crippen molar-refractivity contribution in [2.24, 2.45) is 7.05 Å². The van der Waals surface area contributed by atoms with Gasteiger partial charge in [0.25, 0.3) is 0 Å². The molecule has 2 aromatic rings. The highest BCUT2D eigenvalue weighted by Gasteiger charge is 2.29. The molecule has 0 aromatic carbocycles. The first-order valence-corrected chi connectivity index (χ1v) is 6.39. The van der Waals surface area contributed by atoms with Gasteiger partial charge in [-0.25, -0.2) is 4.98 Å². The molecule has 4 nitrogen and oxygen atoms in total. The average molecular weight is 293 g/mol. The van der Waals surface area contributed by atoms with Gasteiger partial charge in [-0.2, -0.15) is 0 Å². The minimum absolute atomic E-state index is 0.594. The molecule has 2 N–H and O–H groups in total. The fourth-order valence-electron chi connectivity index (χ4n) is 1.99. The number of imidazole rings is 1. The van der Waals surface area contributed by atoms with Gasteiger partial charge in [0.1, 0.15) is 17.3 Å². The molecule has 2 aromatic heterocycles. The molecule has 17 heavy (non-hydrogen) atoms. The van der Waals surface area contributed by atoms with E-state index in [1.165, 1.54) is 12.8 Å². The zero-order chi connectivity index (χ0) is 12.0. The Hall–Kier alpha value is -1.36. The Labute approximate surface area is 108 Å². The summed E-state index contributed by atoms with van der Waals surface area (Å²) in [7, 11) is 1.98.